The Hall–Kier alpha value is -0.531. The summed E-state index contributed by atoms with van der Waals surface area (Å²) in [5, 5.41) is 9.14. The standard InChI is InChI=1S/C7H6Cl2O.C5H5.Fe/c8-7(9)6(10)5-3-1-2-4-5;1-2-4-5-3-1;/h1-4,7,10H;1-5H;/q;-1;. The van der Waals surface area contributed by atoms with Crippen LogP contribution in [0.25, 0.3) is 0 Å². The molecule has 0 saturated heterocycles. The number of allylic oxidation sites excluding steroid dienone is 6. The van der Waals surface area contributed by atoms with E-state index in [1.807, 2.05) is 42.5 Å². The minimum absolute atomic E-state index is 0. The van der Waals surface area contributed by atoms with E-state index in [4.69, 9.17) is 28.3 Å². The molecule has 0 aliphatic heterocycles. The Balaban J connectivity index is 0.000000318. The molecule has 4 heteroatoms. The molecule has 1 aromatic rings. The van der Waals surface area contributed by atoms with E-state index in [-0.39, 0.29) is 22.8 Å². The molecule has 0 atom stereocenters. The predicted molar refractivity (Wildman–Crippen MR) is 65.5 cm³/mol. The van der Waals surface area contributed by atoms with E-state index < -0.39 is 4.84 Å². The Morgan fingerprint density at radius 2 is 1.62 bits per heavy atom. The number of aliphatic hydroxyl groups excluding tert-OH is 1. The third-order valence-electron chi connectivity index (χ3n) is 1.72. The van der Waals surface area contributed by atoms with Gasteiger partial charge in [0.2, 0.25) is 0 Å². The zero-order chi connectivity index (χ0) is 11.1. The number of rotatable bonds is 1. The predicted octanol–water partition coefficient (Wildman–Crippen LogP) is 4.13. The summed E-state index contributed by atoms with van der Waals surface area (Å²) in [5.74, 6) is 0.00772. The van der Waals surface area contributed by atoms with Crippen molar-refractivity contribution >= 4 is 23.2 Å². The van der Waals surface area contributed by atoms with Crippen molar-refractivity contribution in [1.29, 1.82) is 0 Å². The van der Waals surface area contributed by atoms with Crippen molar-refractivity contribution in [2.24, 2.45) is 0 Å². The topological polar surface area (TPSA) is 20.2 Å². The van der Waals surface area contributed by atoms with Gasteiger partial charge in [0.05, 0.1) is 0 Å². The Morgan fingerprint density at radius 3 is 1.94 bits per heavy atom. The molecule has 16 heavy (non-hydrogen) atoms. The third kappa shape index (κ3) is 5.53. The number of aliphatic hydroxyl groups is 1. The first-order valence-corrected chi connectivity index (χ1v) is 5.32. The number of alkyl halides is 2. The molecule has 0 unspecified atom stereocenters. The van der Waals surface area contributed by atoms with Gasteiger partial charge >= 0.3 is 0 Å². The molecule has 88 valence electrons. The molecule has 1 aromatic carbocycles. The van der Waals surface area contributed by atoms with Gasteiger partial charge in [-0.05, 0) is 0 Å². The first-order valence-electron chi connectivity index (χ1n) is 4.44. The van der Waals surface area contributed by atoms with Crippen LogP contribution in [0.3, 0.4) is 0 Å². The third-order valence-corrected chi connectivity index (χ3v) is 2.13. The van der Waals surface area contributed by atoms with Gasteiger partial charge in [-0.2, -0.15) is 18.2 Å². The minimum Gasteiger partial charge on any atom is -0.509 e. The molecule has 0 aromatic heterocycles. The SMILES string of the molecule is OC(=C1C=CC=C1)C(Cl)Cl.[Fe].c1cc[cH-]c1. The molecule has 1 nitrogen and oxygen atoms in total. The zero-order valence-corrected chi connectivity index (χ0v) is 10.9. The van der Waals surface area contributed by atoms with Crippen LogP contribution in [0.15, 0.2) is 66.0 Å². The zero-order valence-electron chi connectivity index (χ0n) is 8.33. The fourth-order valence-electron chi connectivity index (χ4n) is 0.992. The van der Waals surface area contributed by atoms with E-state index in [0.29, 0.717) is 5.57 Å². The van der Waals surface area contributed by atoms with Gasteiger partial charge in [-0.15, -0.1) is 0 Å². The first kappa shape index (κ1) is 15.5. The van der Waals surface area contributed by atoms with Gasteiger partial charge in [0.15, 0.2) is 4.84 Å². The summed E-state index contributed by atoms with van der Waals surface area (Å²) in [7, 11) is 0. The van der Waals surface area contributed by atoms with Gasteiger partial charge in [-0.25, -0.2) is 12.1 Å². The van der Waals surface area contributed by atoms with Gasteiger partial charge in [0.25, 0.3) is 0 Å². The van der Waals surface area contributed by atoms with Crippen LogP contribution in [0, 0.1) is 0 Å². The van der Waals surface area contributed by atoms with Gasteiger partial charge in [0.1, 0.15) is 5.76 Å². The number of hydrogen-bond acceptors (Lipinski definition) is 1. The maximum absolute atomic E-state index is 9.14. The average Bonchev–Trinajstić information content (AvgIpc) is 2.92. The monoisotopic (exact) mass is 297 g/mol. The van der Waals surface area contributed by atoms with Crippen molar-refractivity contribution in [2.75, 3.05) is 0 Å². The molecule has 0 fully saturated rings. The van der Waals surface area contributed by atoms with Crippen molar-refractivity contribution in [1.82, 2.24) is 0 Å². The number of halogens is 2. The van der Waals surface area contributed by atoms with E-state index in [2.05, 4.69) is 0 Å². The van der Waals surface area contributed by atoms with Crippen LogP contribution in [0.2, 0.25) is 0 Å². The van der Waals surface area contributed by atoms with Crippen molar-refractivity contribution in [2.45, 2.75) is 4.84 Å². The van der Waals surface area contributed by atoms with Crippen LogP contribution in [0.5, 0.6) is 0 Å². The molecule has 1 N–H and O–H groups in total. The Kier molecular flexibility index (Phi) is 8.32. The van der Waals surface area contributed by atoms with E-state index in [1.54, 1.807) is 12.2 Å². The van der Waals surface area contributed by atoms with Crippen LogP contribution in [0.1, 0.15) is 0 Å². The van der Waals surface area contributed by atoms with Crippen LogP contribution >= 0.6 is 23.2 Å². The maximum atomic E-state index is 9.14. The Morgan fingerprint density at radius 1 is 1.12 bits per heavy atom. The Bertz CT molecular complexity index is 333. The minimum atomic E-state index is -0.831. The second-order valence-corrected chi connectivity index (χ2v) is 3.92. The van der Waals surface area contributed by atoms with Crippen LogP contribution in [0.4, 0.5) is 0 Å². The van der Waals surface area contributed by atoms with Gasteiger partial charge in [-0.1, -0.05) is 47.5 Å². The van der Waals surface area contributed by atoms with Crippen LogP contribution in [-0.2, 0) is 17.1 Å². The molecule has 0 heterocycles. The molecule has 0 radical (unpaired) electrons. The normalized spacial score (nSPS) is 12.1. The van der Waals surface area contributed by atoms with E-state index >= 15 is 0 Å². The van der Waals surface area contributed by atoms with Crippen LogP contribution in [-0.4, -0.2) is 9.94 Å². The maximum Gasteiger partial charge on any atom is 0.164 e. The smallest absolute Gasteiger partial charge is 0.164 e. The van der Waals surface area contributed by atoms with Crippen molar-refractivity contribution in [3.05, 3.63) is 66.0 Å². The number of hydrogen-bond donors (Lipinski definition) is 1. The van der Waals surface area contributed by atoms with Gasteiger partial charge in [-0.3, -0.25) is 0 Å². The second-order valence-electron chi connectivity index (χ2n) is 2.82. The molecule has 1 aliphatic rings. The van der Waals surface area contributed by atoms with Crippen molar-refractivity contribution < 1.29 is 22.2 Å². The Labute approximate surface area is 116 Å². The summed E-state index contributed by atoms with van der Waals surface area (Å²) in [6, 6.07) is 10.0. The molecule has 0 saturated carbocycles. The van der Waals surface area contributed by atoms with Crippen LogP contribution < -0.4 is 0 Å². The fourth-order valence-corrected chi connectivity index (χ4v) is 1.24. The summed E-state index contributed by atoms with van der Waals surface area (Å²) < 4.78 is 0. The quantitative estimate of drug-likeness (QED) is 0.358. The van der Waals surface area contributed by atoms with E-state index in [9.17, 15) is 0 Å². The summed E-state index contributed by atoms with van der Waals surface area (Å²) in [6.45, 7) is 0. The second kappa shape index (κ2) is 8.60. The molecular formula is C12H11Cl2FeO-. The van der Waals surface area contributed by atoms with Gasteiger partial charge < -0.3 is 5.11 Å². The van der Waals surface area contributed by atoms with Gasteiger partial charge in [0, 0.05) is 22.6 Å². The summed E-state index contributed by atoms with van der Waals surface area (Å²) >= 11 is 10.8. The van der Waals surface area contributed by atoms with Crippen molar-refractivity contribution in [3.8, 4) is 0 Å². The summed E-state index contributed by atoms with van der Waals surface area (Å²) in [6.07, 6.45) is 7.10. The summed E-state index contributed by atoms with van der Waals surface area (Å²) in [4.78, 5) is -0.831. The average molecular weight is 298 g/mol. The summed E-state index contributed by atoms with van der Waals surface area (Å²) in [5.41, 5.74) is 0.676. The molecule has 0 bridgehead atoms. The molecule has 1 aliphatic carbocycles. The largest absolute Gasteiger partial charge is 0.509 e. The fraction of sp³-hybridized carbons (Fsp3) is 0.0833. The van der Waals surface area contributed by atoms with E-state index in [1.165, 1.54) is 0 Å². The van der Waals surface area contributed by atoms with Crippen molar-refractivity contribution in [3.63, 3.8) is 0 Å². The molecule has 0 amide bonds. The molecular weight excluding hydrogens is 287 g/mol. The van der Waals surface area contributed by atoms with E-state index in [0.717, 1.165) is 0 Å². The molecule has 0 spiro atoms. The molecule has 2 rings (SSSR count). The first-order chi connectivity index (χ1) is 7.22.